The molecule has 2 unspecified atom stereocenters. The van der Waals surface area contributed by atoms with Gasteiger partial charge < -0.3 is 28.5 Å². The Morgan fingerprint density at radius 1 is 0.484 bits per heavy atom. The van der Waals surface area contributed by atoms with Crippen LogP contribution in [0.4, 0.5) is 0 Å². The van der Waals surface area contributed by atoms with Gasteiger partial charge in [-0.1, -0.05) is 172 Å². The molecule has 0 aliphatic carbocycles. The zero-order chi connectivity index (χ0) is 45.6. The van der Waals surface area contributed by atoms with Gasteiger partial charge in [-0.3, -0.25) is 9.59 Å². The van der Waals surface area contributed by atoms with Crippen LogP contribution in [0, 0.1) is 0 Å². The van der Waals surface area contributed by atoms with Gasteiger partial charge in [0.15, 0.2) is 6.10 Å². The van der Waals surface area contributed by atoms with Crippen LogP contribution in [0.15, 0.2) is 48.6 Å². The molecule has 0 saturated heterocycles. The first-order chi connectivity index (χ1) is 30.1. The Hall–Kier alpha value is -2.75. The largest absolute Gasteiger partial charge is 0.477 e. The van der Waals surface area contributed by atoms with Crippen molar-refractivity contribution < 1.29 is 42.9 Å². The molecule has 9 heteroatoms. The molecule has 0 heterocycles. The topological polar surface area (TPSA) is 108 Å². The Bertz CT molecular complexity index is 1160. The molecule has 0 aromatic carbocycles. The number of quaternary nitrogens is 1. The second kappa shape index (κ2) is 44.8. The third-order valence-corrected chi connectivity index (χ3v) is 10.8. The van der Waals surface area contributed by atoms with Crippen LogP contribution in [0.25, 0.3) is 0 Å². The quantitative estimate of drug-likeness (QED) is 0.0212. The third kappa shape index (κ3) is 45.3. The summed E-state index contributed by atoms with van der Waals surface area (Å²) in [6.45, 7) is 4.84. The minimum Gasteiger partial charge on any atom is -0.477 e. The van der Waals surface area contributed by atoms with E-state index in [0.717, 1.165) is 89.9 Å². The maximum atomic E-state index is 12.8. The van der Waals surface area contributed by atoms with E-state index < -0.39 is 24.3 Å². The average Bonchev–Trinajstić information content (AvgIpc) is 3.23. The van der Waals surface area contributed by atoms with Crippen molar-refractivity contribution in [3.05, 3.63) is 48.6 Å². The lowest BCUT2D eigenvalue weighted by molar-refractivity contribution is -0.870. The number of carboxylic acids is 1. The van der Waals surface area contributed by atoms with Crippen LogP contribution in [-0.4, -0.2) is 87.4 Å². The molecule has 0 bridgehead atoms. The smallest absolute Gasteiger partial charge is 0.361 e. The third-order valence-electron chi connectivity index (χ3n) is 10.8. The van der Waals surface area contributed by atoms with Crippen LogP contribution < -0.4 is 0 Å². The summed E-state index contributed by atoms with van der Waals surface area (Å²) >= 11 is 0. The number of carboxylic acid groups (broad SMARTS) is 1. The molecule has 0 fully saturated rings. The van der Waals surface area contributed by atoms with Crippen molar-refractivity contribution in [1.82, 2.24) is 0 Å². The van der Waals surface area contributed by atoms with Gasteiger partial charge in [0, 0.05) is 12.8 Å². The predicted octanol–water partition coefficient (Wildman–Crippen LogP) is 13.9. The van der Waals surface area contributed by atoms with Gasteiger partial charge in [0.05, 0.1) is 34.4 Å². The van der Waals surface area contributed by atoms with Gasteiger partial charge >= 0.3 is 17.9 Å². The van der Waals surface area contributed by atoms with E-state index in [0.29, 0.717) is 17.4 Å². The number of esters is 2. The van der Waals surface area contributed by atoms with Gasteiger partial charge in [0.25, 0.3) is 6.29 Å². The van der Waals surface area contributed by atoms with Crippen LogP contribution in [0.2, 0.25) is 0 Å². The van der Waals surface area contributed by atoms with Gasteiger partial charge in [0.1, 0.15) is 13.2 Å². The summed E-state index contributed by atoms with van der Waals surface area (Å²) in [7, 11) is 5.95. The molecule has 1 N–H and O–H groups in total. The normalized spacial score (nSPS) is 13.2. The summed E-state index contributed by atoms with van der Waals surface area (Å²) in [5.74, 6) is -2.03. The maximum absolute atomic E-state index is 12.8. The van der Waals surface area contributed by atoms with Crippen molar-refractivity contribution in [2.75, 3.05) is 47.5 Å². The first kappa shape index (κ1) is 59.2. The van der Waals surface area contributed by atoms with E-state index in [1.54, 1.807) is 0 Å². The van der Waals surface area contributed by atoms with Crippen LogP contribution in [-0.2, 0) is 33.3 Å². The number of hydrogen-bond acceptors (Lipinski definition) is 7. The Balaban J connectivity index is 4.40. The molecule has 0 aromatic heterocycles. The highest BCUT2D eigenvalue weighted by Crippen LogP contribution is 2.14. The molecule has 0 saturated carbocycles. The lowest BCUT2D eigenvalue weighted by atomic mass is 10.1. The van der Waals surface area contributed by atoms with Crippen LogP contribution >= 0.6 is 0 Å². The second-order valence-electron chi connectivity index (χ2n) is 18.1. The zero-order valence-electron chi connectivity index (χ0n) is 40.8. The van der Waals surface area contributed by atoms with Crippen LogP contribution in [0.1, 0.15) is 213 Å². The molecule has 0 aliphatic rings. The molecule has 0 amide bonds. The van der Waals surface area contributed by atoms with Crippen molar-refractivity contribution >= 4 is 17.9 Å². The molecule has 0 aromatic rings. The second-order valence-corrected chi connectivity index (χ2v) is 18.1. The molecule has 0 radical (unpaired) electrons. The Labute approximate surface area is 381 Å². The molecule has 2 atom stereocenters. The highest BCUT2D eigenvalue weighted by atomic mass is 16.7. The summed E-state index contributed by atoms with van der Waals surface area (Å²) < 4.78 is 22.8. The van der Waals surface area contributed by atoms with E-state index in [1.807, 2.05) is 21.1 Å². The monoisotopic (exact) mass is 875 g/mol. The first-order valence-corrected chi connectivity index (χ1v) is 25.3. The number of carbonyl (C=O) groups is 3. The summed E-state index contributed by atoms with van der Waals surface area (Å²) in [6, 6.07) is 0. The molecule has 360 valence electrons. The molecule has 0 aliphatic heterocycles. The average molecular weight is 875 g/mol. The number of likely N-dealkylation sites (N-methyl/N-ethyl adjacent to an activating group) is 1. The minimum atomic E-state index is -1.52. The van der Waals surface area contributed by atoms with Gasteiger partial charge in [-0.25, -0.2) is 4.79 Å². The van der Waals surface area contributed by atoms with Crippen molar-refractivity contribution in [2.24, 2.45) is 0 Å². The van der Waals surface area contributed by atoms with Gasteiger partial charge in [-0.2, -0.15) is 0 Å². The van der Waals surface area contributed by atoms with E-state index in [4.69, 9.17) is 18.9 Å². The number of ether oxygens (including phenoxy) is 4. The predicted molar refractivity (Wildman–Crippen MR) is 258 cm³/mol. The van der Waals surface area contributed by atoms with E-state index >= 15 is 0 Å². The number of allylic oxidation sites excluding steroid dienone is 8. The number of nitrogens with zero attached hydrogens (tertiary/aromatic N) is 1. The fourth-order valence-corrected chi connectivity index (χ4v) is 6.84. The van der Waals surface area contributed by atoms with E-state index in [2.05, 4.69) is 62.5 Å². The van der Waals surface area contributed by atoms with Gasteiger partial charge in [0.2, 0.25) is 0 Å². The number of hydrogen-bond donors (Lipinski definition) is 1. The Morgan fingerprint density at radius 2 is 0.871 bits per heavy atom. The first-order valence-electron chi connectivity index (χ1n) is 25.3. The maximum Gasteiger partial charge on any atom is 0.361 e. The van der Waals surface area contributed by atoms with Crippen molar-refractivity contribution in [3.63, 3.8) is 0 Å². The summed E-state index contributed by atoms with van der Waals surface area (Å²) in [5, 5.41) is 9.66. The molecule has 62 heavy (non-hydrogen) atoms. The lowest BCUT2D eigenvalue weighted by Gasteiger charge is -2.25. The van der Waals surface area contributed by atoms with Gasteiger partial charge in [-0.15, -0.1) is 0 Å². The van der Waals surface area contributed by atoms with Crippen molar-refractivity contribution in [3.8, 4) is 0 Å². The van der Waals surface area contributed by atoms with Gasteiger partial charge in [-0.05, 0) is 77.0 Å². The lowest BCUT2D eigenvalue weighted by Crippen LogP contribution is -2.40. The Morgan fingerprint density at radius 3 is 1.31 bits per heavy atom. The van der Waals surface area contributed by atoms with Crippen molar-refractivity contribution in [2.45, 2.75) is 225 Å². The fraction of sp³-hybridized carbons (Fsp3) is 0.792. The molecule has 0 rings (SSSR count). The Kier molecular flexibility index (Phi) is 42.9. The fourth-order valence-electron chi connectivity index (χ4n) is 6.84. The van der Waals surface area contributed by atoms with E-state index in [-0.39, 0.29) is 38.6 Å². The molecule has 9 nitrogen and oxygen atoms in total. The zero-order valence-corrected chi connectivity index (χ0v) is 40.8. The van der Waals surface area contributed by atoms with Crippen LogP contribution in [0.5, 0.6) is 0 Å². The van der Waals surface area contributed by atoms with E-state index in [9.17, 15) is 19.5 Å². The number of aliphatic carboxylic acids is 1. The van der Waals surface area contributed by atoms with Crippen LogP contribution in [0.3, 0.4) is 0 Å². The molecular weight excluding hydrogens is 779 g/mol. The number of unbranched alkanes of at least 4 members (excludes halogenated alkanes) is 23. The minimum absolute atomic E-state index is 0.182. The SMILES string of the molecule is CCCCCCC/C=C\C/C=C\C/C=C\CCCCCCCCC(=O)OC(COC(=O)CCCCCCC/C=C\CCCCCCCCC)COC(OCC[N+](C)(C)C)C(=O)O. The van der Waals surface area contributed by atoms with Crippen molar-refractivity contribution in [1.29, 1.82) is 0 Å². The van der Waals surface area contributed by atoms with E-state index in [1.165, 1.54) is 89.9 Å². The summed E-state index contributed by atoms with van der Waals surface area (Å²) in [5.41, 5.74) is 0. The molecule has 0 spiro atoms. The number of rotatable bonds is 46. The summed E-state index contributed by atoms with van der Waals surface area (Å²) in [6.07, 6.45) is 50.2. The summed E-state index contributed by atoms with van der Waals surface area (Å²) in [4.78, 5) is 37.2. The number of carbonyl (C=O) groups excluding carboxylic acids is 2. The highest BCUT2D eigenvalue weighted by Gasteiger charge is 2.25. The highest BCUT2D eigenvalue weighted by molar-refractivity contribution is 5.71. The molecular formula is C53H96NO8+. The standard InChI is InChI=1S/C53H95NO8/c1-6-8-10-12-14-16-18-20-22-24-25-26-27-28-30-32-34-36-38-40-42-44-51(56)62-49(48-61-53(52(57)58)59-46-45-54(3,4)5)47-60-50(55)43-41-39-37-35-33-31-29-23-21-19-17-15-13-11-9-7-2/h18,20,23-25,27-29,49,53H,6-17,19,21-22,26,30-48H2,1-5H3/p+1/b20-18-,25-24-,28-27-,29-23-.